The van der Waals surface area contributed by atoms with E-state index in [0.717, 1.165) is 23.2 Å². The van der Waals surface area contributed by atoms with Crippen LogP contribution in [0.15, 0.2) is 83.9 Å². The van der Waals surface area contributed by atoms with E-state index < -0.39 is 17.5 Å². The minimum atomic E-state index is -1.04. The third-order valence-corrected chi connectivity index (χ3v) is 5.23. The molecular formula is C24H16F2N4O2. The van der Waals surface area contributed by atoms with Crippen molar-refractivity contribution < 1.29 is 13.6 Å². The summed E-state index contributed by atoms with van der Waals surface area (Å²) in [7, 11) is 0. The molecule has 32 heavy (non-hydrogen) atoms. The van der Waals surface area contributed by atoms with Crippen LogP contribution in [-0.2, 0) is 6.54 Å². The van der Waals surface area contributed by atoms with Gasteiger partial charge in [-0.05, 0) is 54.1 Å². The van der Waals surface area contributed by atoms with Crippen LogP contribution in [0.4, 0.5) is 14.5 Å². The van der Waals surface area contributed by atoms with Gasteiger partial charge in [-0.25, -0.2) is 13.8 Å². The smallest absolute Gasteiger partial charge is 0.276 e. The molecule has 0 atom stereocenters. The second-order valence-corrected chi connectivity index (χ2v) is 7.28. The number of nitrogens with zero attached hydrogens (tertiary/aromatic N) is 3. The normalized spacial score (nSPS) is 11.2. The van der Waals surface area contributed by atoms with Gasteiger partial charge in [-0.2, -0.15) is 0 Å². The van der Waals surface area contributed by atoms with Gasteiger partial charge in [-0.3, -0.25) is 14.2 Å². The van der Waals surface area contributed by atoms with Gasteiger partial charge < -0.3 is 9.72 Å². The lowest BCUT2D eigenvalue weighted by atomic mass is 10.1. The van der Waals surface area contributed by atoms with Gasteiger partial charge in [0.2, 0.25) is 0 Å². The van der Waals surface area contributed by atoms with Crippen LogP contribution in [0.5, 0.6) is 0 Å². The molecule has 1 amide bonds. The van der Waals surface area contributed by atoms with Crippen LogP contribution in [-0.4, -0.2) is 19.9 Å². The molecule has 6 nitrogen and oxygen atoms in total. The SMILES string of the molecule is O=C(Nc1ccc(F)c(F)c1)c1ccc(Cn2c(=O)c3cccn3c3cccnc32)cc1. The third kappa shape index (κ3) is 3.41. The molecule has 0 radical (unpaired) electrons. The van der Waals surface area contributed by atoms with Gasteiger partial charge in [0.25, 0.3) is 11.5 Å². The predicted molar refractivity (Wildman–Crippen MR) is 117 cm³/mol. The van der Waals surface area contributed by atoms with Crippen LogP contribution >= 0.6 is 0 Å². The lowest BCUT2D eigenvalue weighted by Crippen LogP contribution is -2.24. The van der Waals surface area contributed by atoms with E-state index in [1.54, 1.807) is 41.1 Å². The highest BCUT2D eigenvalue weighted by atomic mass is 19.2. The van der Waals surface area contributed by atoms with E-state index in [0.29, 0.717) is 16.7 Å². The largest absolute Gasteiger partial charge is 0.322 e. The number of rotatable bonds is 4. The highest BCUT2D eigenvalue weighted by Crippen LogP contribution is 2.17. The van der Waals surface area contributed by atoms with Crippen molar-refractivity contribution in [2.45, 2.75) is 6.54 Å². The molecule has 3 heterocycles. The predicted octanol–water partition coefficient (Wildman–Crippen LogP) is 4.23. The van der Waals surface area contributed by atoms with Crippen LogP contribution in [0.2, 0.25) is 0 Å². The van der Waals surface area contributed by atoms with Crippen molar-refractivity contribution >= 4 is 28.3 Å². The molecule has 0 spiro atoms. The zero-order valence-electron chi connectivity index (χ0n) is 16.6. The average molecular weight is 430 g/mol. The fourth-order valence-corrected chi connectivity index (χ4v) is 3.65. The number of nitrogens with one attached hydrogen (secondary N) is 1. The number of hydrogen-bond acceptors (Lipinski definition) is 3. The Bertz CT molecular complexity index is 1540. The lowest BCUT2D eigenvalue weighted by Gasteiger charge is -2.12. The summed E-state index contributed by atoms with van der Waals surface area (Å²) in [5.41, 5.74) is 3.06. The van der Waals surface area contributed by atoms with Crippen LogP contribution < -0.4 is 10.9 Å². The van der Waals surface area contributed by atoms with E-state index >= 15 is 0 Å². The zero-order chi connectivity index (χ0) is 22.2. The molecule has 8 heteroatoms. The molecule has 0 aliphatic heterocycles. The van der Waals surface area contributed by atoms with Crippen molar-refractivity contribution in [2.75, 3.05) is 5.32 Å². The molecule has 0 fully saturated rings. The molecule has 2 aromatic carbocycles. The molecule has 0 bridgehead atoms. The summed E-state index contributed by atoms with van der Waals surface area (Å²) in [5.74, 6) is -2.48. The number of fused-ring (bicyclic) bond motifs is 3. The fourth-order valence-electron chi connectivity index (χ4n) is 3.65. The van der Waals surface area contributed by atoms with Crippen molar-refractivity contribution in [3.8, 4) is 0 Å². The first-order valence-electron chi connectivity index (χ1n) is 9.81. The topological polar surface area (TPSA) is 68.4 Å². The van der Waals surface area contributed by atoms with E-state index in [1.807, 2.05) is 28.8 Å². The maximum absolute atomic E-state index is 13.4. The van der Waals surface area contributed by atoms with Gasteiger partial charge >= 0.3 is 0 Å². The molecule has 3 aromatic heterocycles. The number of halogens is 2. The summed E-state index contributed by atoms with van der Waals surface area (Å²) in [6, 6.07) is 17.1. The molecule has 0 saturated carbocycles. The molecule has 158 valence electrons. The molecule has 5 rings (SSSR count). The Labute approximate surface area is 180 Å². The number of aromatic nitrogens is 3. The van der Waals surface area contributed by atoms with E-state index in [9.17, 15) is 18.4 Å². The summed E-state index contributed by atoms with van der Waals surface area (Å²) >= 11 is 0. The second kappa shape index (κ2) is 7.73. The molecule has 1 N–H and O–H groups in total. The van der Waals surface area contributed by atoms with Crippen molar-refractivity contribution in [2.24, 2.45) is 0 Å². The quantitative estimate of drug-likeness (QED) is 0.464. The number of carbonyl (C=O) groups is 1. The van der Waals surface area contributed by atoms with Gasteiger partial charge in [0.15, 0.2) is 17.3 Å². The Morgan fingerprint density at radius 2 is 1.72 bits per heavy atom. The number of pyridine rings is 1. The van der Waals surface area contributed by atoms with Gasteiger partial charge in [-0.15, -0.1) is 0 Å². The van der Waals surface area contributed by atoms with E-state index in [2.05, 4.69) is 10.3 Å². The van der Waals surface area contributed by atoms with Crippen molar-refractivity contribution in [3.63, 3.8) is 0 Å². The van der Waals surface area contributed by atoms with Crippen LogP contribution in [0.3, 0.4) is 0 Å². The molecular weight excluding hydrogens is 414 g/mol. The minimum Gasteiger partial charge on any atom is -0.322 e. The Morgan fingerprint density at radius 1 is 0.938 bits per heavy atom. The Kier molecular flexibility index (Phi) is 4.74. The first-order chi connectivity index (χ1) is 15.5. The van der Waals surface area contributed by atoms with Crippen molar-refractivity contribution in [1.29, 1.82) is 0 Å². The number of hydrogen-bond donors (Lipinski definition) is 1. The average Bonchev–Trinajstić information content (AvgIpc) is 3.30. The van der Waals surface area contributed by atoms with E-state index in [4.69, 9.17) is 0 Å². The second-order valence-electron chi connectivity index (χ2n) is 7.28. The van der Waals surface area contributed by atoms with Crippen molar-refractivity contribution in [1.82, 2.24) is 14.0 Å². The standard InChI is InChI=1S/C24H16F2N4O2/c25-18-10-9-17(13-19(18)26)28-23(31)16-7-5-15(6-8-16)14-30-22-20(3-1-11-27-22)29-12-2-4-21(29)24(30)32/h1-13H,14H2,(H,28,31). The maximum Gasteiger partial charge on any atom is 0.276 e. The molecule has 0 saturated heterocycles. The van der Waals surface area contributed by atoms with Gasteiger partial charge in [-0.1, -0.05) is 12.1 Å². The molecule has 0 aliphatic rings. The number of carbonyl (C=O) groups excluding carboxylic acids is 1. The number of amides is 1. The minimum absolute atomic E-state index is 0.155. The summed E-state index contributed by atoms with van der Waals surface area (Å²) in [4.78, 5) is 29.8. The first kappa shape index (κ1) is 19.6. The van der Waals surface area contributed by atoms with Crippen LogP contribution in [0, 0.1) is 11.6 Å². The van der Waals surface area contributed by atoms with Gasteiger partial charge in [0.1, 0.15) is 5.52 Å². The summed E-state index contributed by atoms with van der Waals surface area (Å²) in [6.07, 6.45) is 3.46. The maximum atomic E-state index is 13.4. The van der Waals surface area contributed by atoms with E-state index in [-0.39, 0.29) is 17.8 Å². The van der Waals surface area contributed by atoms with Crippen molar-refractivity contribution in [3.05, 3.63) is 112 Å². The summed E-state index contributed by atoms with van der Waals surface area (Å²) < 4.78 is 29.8. The highest BCUT2D eigenvalue weighted by molar-refractivity contribution is 6.04. The van der Waals surface area contributed by atoms with Gasteiger partial charge in [0.05, 0.1) is 12.1 Å². The lowest BCUT2D eigenvalue weighted by molar-refractivity contribution is 0.102. The Hall–Kier alpha value is -4.33. The van der Waals surface area contributed by atoms with Gasteiger partial charge in [0, 0.05) is 29.7 Å². The Balaban J connectivity index is 1.43. The highest BCUT2D eigenvalue weighted by Gasteiger charge is 2.13. The molecule has 0 aliphatic carbocycles. The number of benzene rings is 2. The Morgan fingerprint density at radius 3 is 2.50 bits per heavy atom. The third-order valence-electron chi connectivity index (χ3n) is 5.23. The molecule has 5 aromatic rings. The monoisotopic (exact) mass is 430 g/mol. The first-order valence-corrected chi connectivity index (χ1v) is 9.81. The zero-order valence-corrected chi connectivity index (χ0v) is 16.6. The van der Waals surface area contributed by atoms with Crippen LogP contribution in [0.25, 0.3) is 16.7 Å². The summed E-state index contributed by atoms with van der Waals surface area (Å²) in [5, 5.41) is 2.53. The molecule has 0 unspecified atom stereocenters. The number of anilines is 1. The van der Waals surface area contributed by atoms with E-state index in [1.165, 1.54) is 6.07 Å². The van der Waals surface area contributed by atoms with Crippen LogP contribution in [0.1, 0.15) is 15.9 Å². The summed E-state index contributed by atoms with van der Waals surface area (Å²) in [6.45, 7) is 0.277. The fraction of sp³-hybridized carbons (Fsp3) is 0.0417.